The van der Waals surface area contributed by atoms with Crippen LogP contribution in [-0.2, 0) is 10.0 Å². The molecule has 0 aliphatic carbocycles. The second-order valence-corrected chi connectivity index (χ2v) is 7.58. The third-order valence-electron chi connectivity index (χ3n) is 3.91. The van der Waals surface area contributed by atoms with Gasteiger partial charge in [0.25, 0.3) is 15.7 Å². The summed E-state index contributed by atoms with van der Waals surface area (Å²) < 4.78 is 32.9. The van der Waals surface area contributed by atoms with Gasteiger partial charge in [0.15, 0.2) is 0 Å². The molecule has 0 saturated heterocycles. The van der Waals surface area contributed by atoms with E-state index in [0.717, 1.165) is 6.07 Å². The highest BCUT2D eigenvalue weighted by Gasteiger charge is 2.22. The Bertz CT molecular complexity index is 1180. The topological polar surface area (TPSA) is 136 Å². The molecular weight excluding hydrogens is 410 g/mol. The van der Waals surface area contributed by atoms with E-state index in [-0.39, 0.29) is 16.3 Å². The fraction of sp³-hybridized carbons (Fsp3) is 0.0526. The summed E-state index contributed by atoms with van der Waals surface area (Å²) in [7, 11) is -2.68. The molecule has 0 aliphatic rings. The number of para-hydroxylation sites is 2. The summed E-state index contributed by atoms with van der Waals surface area (Å²) in [6.07, 6.45) is 4.61. The van der Waals surface area contributed by atoms with Crippen molar-refractivity contribution in [2.75, 3.05) is 17.3 Å². The number of aromatic nitrogens is 1. The standard InChI is InChI=1S/C19H17N5O5S/c1-29-19-7-3-2-6-17(19)23-30(27,28)15-8-9-16(18(11-15)24(25)26)22-21-13-14-5-4-10-20-12-14/h2-13,22-23H,1H3/b21-13+. The molecule has 0 aliphatic heterocycles. The first-order chi connectivity index (χ1) is 14.4. The number of hydrogen-bond acceptors (Lipinski definition) is 8. The lowest BCUT2D eigenvalue weighted by Gasteiger charge is -2.12. The Kier molecular flexibility index (Phi) is 6.23. The maximum atomic E-state index is 12.7. The second-order valence-electron chi connectivity index (χ2n) is 5.90. The van der Waals surface area contributed by atoms with Crippen molar-refractivity contribution in [2.45, 2.75) is 4.90 Å². The summed E-state index contributed by atoms with van der Waals surface area (Å²) in [5.41, 5.74) is 3.05. The van der Waals surface area contributed by atoms with Gasteiger partial charge in [0.2, 0.25) is 0 Å². The van der Waals surface area contributed by atoms with Crippen LogP contribution >= 0.6 is 0 Å². The minimum absolute atomic E-state index is 0.0383. The predicted octanol–water partition coefficient (Wildman–Crippen LogP) is 3.25. The van der Waals surface area contributed by atoms with Gasteiger partial charge in [-0.05, 0) is 30.3 Å². The van der Waals surface area contributed by atoms with E-state index in [4.69, 9.17) is 4.74 Å². The number of benzene rings is 2. The zero-order valence-electron chi connectivity index (χ0n) is 15.7. The average molecular weight is 427 g/mol. The van der Waals surface area contributed by atoms with Crippen LogP contribution < -0.4 is 14.9 Å². The van der Waals surface area contributed by atoms with Gasteiger partial charge in [0.05, 0.1) is 28.8 Å². The maximum absolute atomic E-state index is 12.7. The number of ether oxygens (including phenoxy) is 1. The summed E-state index contributed by atoms with van der Waals surface area (Å²) in [6, 6.07) is 13.4. The van der Waals surface area contributed by atoms with Crippen LogP contribution in [0.2, 0.25) is 0 Å². The van der Waals surface area contributed by atoms with Crippen LogP contribution in [0.25, 0.3) is 0 Å². The molecule has 30 heavy (non-hydrogen) atoms. The quantitative estimate of drug-likeness (QED) is 0.320. The fourth-order valence-electron chi connectivity index (χ4n) is 2.49. The van der Waals surface area contributed by atoms with Crippen LogP contribution in [0.1, 0.15) is 5.56 Å². The van der Waals surface area contributed by atoms with Gasteiger partial charge in [-0.1, -0.05) is 18.2 Å². The number of pyridine rings is 1. The highest BCUT2D eigenvalue weighted by atomic mass is 32.2. The molecule has 0 atom stereocenters. The molecule has 10 nitrogen and oxygen atoms in total. The van der Waals surface area contributed by atoms with Gasteiger partial charge in [-0.25, -0.2) is 8.42 Å². The molecule has 3 rings (SSSR count). The van der Waals surface area contributed by atoms with Crippen molar-refractivity contribution >= 4 is 33.3 Å². The fourth-order valence-corrected chi connectivity index (χ4v) is 3.58. The minimum Gasteiger partial charge on any atom is -0.495 e. The number of nitrogens with zero attached hydrogens (tertiary/aromatic N) is 3. The summed E-state index contributed by atoms with van der Waals surface area (Å²) in [4.78, 5) is 14.4. The van der Waals surface area contributed by atoms with Crippen LogP contribution in [-0.4, -0.2) is 31.6 Å². The predicted molar refractivity (Wildman–Crippen MR) is 112 cm³/mol. The summed E-state index contributed by atoms with van der Waals surface area (Å²) in [5.74, 6) is 0.318. The van der Waals surface area contributed by atoms with Crippen LogP contribution in [0, 0.1) is 10.1 Å². The number of rotatable bonds is 8. The van der Waals surface area contributed by atoms with Crippen LogP contribution in [0.5, 0.6) is 5.75 Å². The Morgan fingerprint density at radius 3 is 2.63 bits per heavy atom. The second kappa shape index (κ2) is 9.01. The zero-order chi connectivity index (χ0) is 21.6. The van der Waals surface area contributed by atoms with Crippen LogP contribution in [0.3, 0.4) is 0 Å². The van der Waals surface area contributed by atoms with Gasteiger partial charge in [-0.15, -0.1) is 0 Å². The van der Waals surface area contributed by atoms with Crippen molar-refractivity contribution in [3.63, 3.8) is 0 Å². The molecule has 0 bridgehead atoms. The molecule has 0 radical (unpaired) electrons. The van der Waals surface area contributed by atoms with E-state index >= 15 is 0 Å². The first-order valence-electron chi connectivity index (χ1n) is 8.54. The number of nitro benzene ring substituents is 1. The molecule has 0 saturated carbocycles. The minimum atomic E-state index is -4.09. The SMILES string of the molecule is COc1ccccc1NS(=O)(=O)c1ccc(N/N=C/c2cccnc2)c([N+](=O)[O-])c1. The number of hydrogen-bond donors (Lipinski definition) is 2. The molecule has 3 aromatic rings. The Balaban J connectivity index is 1.87. The van der Waals surface area contributed by atoms with Crippen molar-refractivity contribution in [3.8, 4) is 5.75 Å². The first-order valence-corrected chi connectivity index (χ1v) is 10.0. The lowest BCUT2D eigenvalue weighted by molar-refractivity contribution is -0.384. The number of sulfonamides is 1. The number of hydrazone groups is 1. The summed E-state index contributed by atoms with van der Waals surface area (Å²) in [6.45, 7) is 0. The van der Waals surface area contributed by atoms with E-state index in [9.17, 15) is 18.5 Å². The van der Waals surface area contributed by atoms with Gasteiger partial charge in [0.1, 0.15) is 11.4 Å². The van der Waals surface area contributed by atoms with Gasteiger partial charge in [0, 0.05) is 24.0 Å². The molecule has 11 heteroatoms. The van der Waals surface area contributed by atoms with Gasteiger partial charge in [-0.3, -0.25) is 25.2 Å². The molecule has 2 N–H and O–H groups in total. The van der Waals surface area contributed by atoms with Crippen molar-refractivity contribution in [1.82, 2.24) is 4.98 Å². The first kappa shape index (κ1) is 20.7. The largest absolute Gasteiger partial charge is 0.495 e. The molecule has 154 valence electrons. The third kappa shape index (κ3) is 4.89. The molecular formula is C19H17N5O5S. The normalized spacial score (nSPS) is 11.2. The molecule has 1 aromatic heterocycles. The Labute approximate surface area is 172 Å². The molecule has 2 aromatic carbocycles. The van der Waals surface area contributed by atoms with E-state index in [1.807, 2.05) is 0 Å². The Hall–Kier alpha value is -3.99. The monoisotopic (exact) mass is 427 g/mol. The zero-order valence-corrected chi connectivity index (χ0v) is 16.5. The third-order valence-corrected chi connectivity index (χ3v) is 5.27. The summed E-state index contributed by atoms with van der Waals surface area (Å²) in [5, 5.41) is 15.4. The smallest absolute Gasteiger partial charge is 0.295 e. The number of nitrogens with one attached hydrogen (secondary N) is 2. The van der Waals surface area contributed by atoms with Crippen molar-refractivity contribution < 1.29 is 18.1 Å². The van der Waals surface area contributed by atoms with E-state index in [2.05, 4.69) is 20.2 Å². The lowest BCUT2D eigenvalue weighted by Crippen LogP contribution is -2.14. The average Bonchev–Trinajstić information content (AvgIpc) is 2.74. The maximum Gasteiger partial charge on any atom is 0.295 e. The number of methoxy groups -OCH3 is 1. The van der Waals surface area contributed by atoms with Crippen molar-refractivity contribution in [1.29, 1.82) is 0 Å². The molecule has 0 unspecified atom stereocenters. The van der Waals surface area contributed by atoms with E-state index < -0.39 is 20.6 Å². The highest BCUT2D eigenvalue weighted by Crippen LogP contribution is 2.30. The molecule has 0 spiro atoms. The van der Waals surface area contributed by atoms with Crippen molar-refractivity contribution in [3.05, 3.63) is 82.7 Å². The molecule has 0 amide bonds. The van der Waals surface area contributed by atoms with Gasteiger partial charge < -0.3 is 4.74 Å². The summed E-state index contributed by atoms with van der Waals surface area (Å²) >= 11 is 0. The van der Waals surface area contributed by atoms with Crippen LogP contribution in [0.4, 0.5) is 17.1 Å². The number of nitro groups is 1. The van der Waals surface area contributed by atoms with E-state index in [0.29, 0.717) is 11.3 Å². The molecule has 1 heterocycles. The number of anilines is 2. The van der Waals surface area contributed by atoms with E-state index in [1.54, 1.807) is 42.7 Å². The van der Waals surface area contributed by atoms with Gasteiger partial charge in [-0.2, -0.15) is 5.10 Å². The van der Waals surface area contributed by atoms with Crippen molar-refractivity contribution in [2.24, 2.45) is 5.10 Å². The Morgan fingerprint density at radius 1 is 1.13 bits per heavy atom. The highest BCUT2D eigenvalue weighted by molar-refractivity contribution is 7.92. The van der Waals surface area contributed by atoms with Crippen LogP contribution in [0.15, 0.2) is 77.0 Å². The van der Waals surface area contributed by atoms with Gasteiger partial charge >= 0.3 is 0 Å². The molecule has 0 fully saturated rings. The van der Waals surface area contributed by atoms with E-state index in [1.165, 1.54) is 31.5 Å². The Morgan fingerprint density at radius 2 is 1.93 bits per heavy atom. The lowest BCUT2D eigenvalue weighted by atomic mass is 10.3.